The molecule has 0 spiro atoms. The SMILES string of the molecule is COc1ccc(CN2CCCCC2c2nc3ccc(F)cc3[nH]2)cc1. The molecule has 1 fully saturated rings. The third-order valence-corrected chi connectivity index (χ3v) is 4.94. The van der Waals surface area contributed by atoms with Crippen LogP contribution in [0.3, 0.4) is 0 Å². The minimum atomic E-state index is -0.235. The van der Waals surface area contributed by atoms with Gasteiger partial charge in [0.15, 0.2) is 0 Å². The van der Waals surface area contributed by atoms with Gasteiger partial charge < -0.3 is 9.72 Å². The van der Waals surface area contributed by atoms with Crippen molar-refractivity contribution in [3.63, 3.8) is 0 Å². The van der Waals surface area contributed by atoms with Gasteiger partial charge in [-0.25, -0.2) is 9.37 Å². The number of piperidine rings is 1. The predicted molar refractivity (Wildman–Crippen MR) is 96.0 cm³/mol. The largest absolute Gasteiger partial charge is 0.497 e. The number of methoxy groups -OCH3 is 1. The van der Waals surface area contributed by atoms with Crippen molar-refractivity contribution in [2.24, 2.45) is 0 Å². The molecule has 1 atom stereocenters. The standard InChI is InChI=1S/C20H22FN3O/c1-25-16-8-5-14(6-9-16)13-24-11-3-2-4-19(24)20-22-17-10-7-15(21)12-18(17)23-20/h5-10,12,19H,2-4,11,13H2,1H3,(H,22,23). The van der Waals surface area contributed by atoms with E-state index in [0.717, 1.165) is 42.1 Å². The molecule has 0 radical (unpaired) electrons. The van der Waals surface area contributed by atoms with Crippen molar-refractivity contribution in [1.29, 1.82) is 0 Å². The fourth-order valence-corrected chi connectivity index (χ4v) is 3.61. The summed E-state index contributed by atoms with van der Waals surface area (Å²) in [5.74, 6) is 1.58. The summed E-state index contributed by atoms with van der Waals surface area (Å²) in [5, 5.41) is 0. The van der Waals surface area contributed by atoms with Crippen LogP contribution >= 0.6 is 0 Å². The zero-order chi connectivity index (χ0) is 17.2. The zero-order valence-electron chi connectivity index (χ0n) is 14.3. The number of imidazole rings is 1. The maximum absolute atomic E-state index is 13.4. The molecule has 1 aliphatic heterocycles. The monoisotopic (exact) mass is 339 g/mol. The van der Waals surface area contributed by atoms with Crippen molar-refractivity contribution in [2.45, 2.75) is 31.8 Å². The average molecular weight is 339 g/mol. The van der Waals surface area contributed by atoms with E-state index in [-0.39, 0.29) is 11.9 Å². The third kappa shape index (κ3) is 3.37. The van der Waals surface area contributed by atoms with Crippen molar-refractivity contribution in [3.05, 3.63) is 59.7 Å². The molecule has 0 amide bonds. The molecule has 1 saturated heterocycles. The van der Waals surface area contributed by atoms with Crippen LogP contribution in [0.25, 0.3) is 11.0 Å². The number of rotatable bonds is 4. The zero-order valence-corrected chi connectivity index (χ0v) is 14.3. The molecule has 0 saturated carbocycles. The van der Waals surface area contributed by atoms with E-state index in [9.17, 15) is 4.39 Å². The van der Waals surface area contributed by atoms with Gasteiger partial charge in [-0.2, -0.15) is 0 Å². The number of ether oxygens (including phenoxy) is 1. The molecule has 5 heteroatoms. The van der Waals surface area contributed by atoms with Gasteiger partial charge in [-0.15, -0.1) is 0 Å². The van der Waals surface area contributed by atoms with E-state index < -0.39 is 0 Å². The van der Waals surface area contributed by atoms with Crippen LogP contribution < -0.4 is 4.74 Å². The van der Waals surface area contributed by atoms with Crippen LogP contribution in [0, 0.1) is 5.82 Å². The van der Waals surface area contributed by atoms with Crippen molar-refractivity contribution in [2.75, 3.05) is 13.7 Å². The number of aromatic amines is 1. The van der Waals surface area contributed by atoms with Gasteiger partial charge in [-0.1, -0.05) is 18.6 Å². The Hall–Kier alpha value is -2.40. The minimum Gasteiger partial charge on any atom is -0.497 e. The molecule has 2 aromatic carbocycles. The van der Waals surface area contributed by atoms with Crippen molar-refractivity contribution in [1.82, 2.24) is 14.9 Å². The van der Waals surface area contributed by atoms with Crippen molar-refractivity contribution < 1.29 is 9.13 Å². The quantitative estimate of drug-likeness (QED) is 0.764. The van der Waals surface area contributed by atoms with E-state index >= 15 is 0 Å². The van der Waals surface area contributed by atoms with Crippen LogP contribution in [0.5, 0.6) is 5.75 Å². The van der Waals surface area contributed by atoms with Gasteiger partial charge in [-0.05, 0) is 55.3 Å². The molecule has 1 aromatic heterocycles. The molecule has 4 nitrogen and oxygen atoms in total. The summed E-state index contributed by atoms with van der Waals surface area (Å²) in [6.45, 7) is 1.92. The molecule has 1 unspecified atom stereocenters. The molecule has 2 heterocycles. The van der Waals surface area contributed by atoms with Crippen LogP contribution in [0.1, 0.15) is 36.7 Å². The summed E-state index contributed by atoms with van der Waals surface area (Å²) in [7, 11) is 1.68. The Labute approximate surface area is 146 Å². The first-order chi connectivity index (χ1) is 12.2. The second kappa shape index (κ2) is 6.84. The van der Waals surface area contributed by atoms with E-state index in [1.165, 1.54) is 30.5 Å². The first kappa shape index (κ1) is 16.1. The highest BCUT2D eigenvalue weighted by molar-refractivity contribution is 5.75. The Kier molecular flexibility index (Phi) is 4.40. The van der Waals surface area contributed by atoms with Gasteiger partial charge in [-0.3, -0.25) is 4.90 Å². The topological polar surface area (TPSA) is 41.1 Å². The molecular weight excluding hydrogens is 317 g/mol. The summed E-state index contributed by atoms with van der Waals surface area (Å²) in [6, 6.07) is 13.2. The maximum atomic E-state index is 13.4. The molecular formula is C20H22FN3O. The summed E-state index contributed by atoms with van der Waals surface area (Å²) < 4.78 is 18.7. The lowest BCUT2D eigenvalue weighted by Gasteiger charge is -2.34. The summed E-state index contributed by atoms with van der Waals surface area (Å²) in [4.78, 5) is 10.5. The van der Waals surface area contributed by atoms with Gasteiger partial charge in [0, 0.05) is 6.54 Å². The van der Waals surface area contributed by atoms with Gasteiger partial charge in [0.1, 0.15) is 17.4 Å². The molecule has 0 aliphatic carbocycles. The van der Waals surface area contributed by atoms with Crippen molar-refractivity contribution in [3.8, 4) is 5.75 Å². The Morgan fingerprint density at radius 1 is 1.20 bits per heavy atom. The fourth-order valence-electron chi connectivity index (χ4n) is 3.61. The number of likely N-dealkylation sites (tertiary alicyclic amines) is 1. The maximum Gasteiger partial charge on any atom is 0.125 e. The van der Waals surface area contributed by atoms with Crippen molar-refractivity contribution >= 4 is 11.0 Å². The van der Waals surface area contributed by atoms with Crippen LogP contribution in [-0.2, 0) is 6.54 Å². The normalized spacial score (nSPS) is 18.6. The number of aromatic nitrogens is 2. The lowest BCUT2D eigenvalue weighted by Crippen LogP contribution is -2.33. The Balaban J connectivity index is 1.58. The highest BCUT2D eigenvalue weighted by Gasteiger charge is 2.26. The van der Waals surface area contributed by atoms with E-state index in [0.29, 0.717) is 0 Å². The van der Waals surface area contributed by atoms with Crippen LogP contribution in [0.2, 0.25) is 0 Å². The van der Waals surface area contributed by atoms with Crippen LogP contribution in [0.4, 0.5) is 4.39 Å². The van der Waals surface area contributed by atoms with Gasteiger partial charge >= 0.3 is 0 Å². The number of H-pyrrole nitrogens is 1. The van der Waals surface area contributed by atoms with E-state index in [1.807, 2.05) is 12.1 Å². The second-order valence-corrected chi connectivity index (χ2v) is 6.61. The van der Waals surface area contributed by atoms with Crippen LogP contribution in [-0.4, -0.2) is 28.5 Å². The van der Waals surface area contributed by atoms with E-state index in [1.54, 1.807) is 13.2 Å². The summed E-state index contributed by atoms with van der Waals surface area (Å²) >= 11 is 0. The Morgan fingerprint density at radius 3 is 2.84 bits per heavy atom. The summed E-state index contributed by atoms with van der Waals surface area (Å²) in [5.41, 5.74) is 2.85. The minimum absolute atomic E-state index is 0.235. The first-order valence-electron chi connectivity index (χ1n) is 8.75. The molecule has 4 rings (SSSR count). The van der Waals surface area contributed by atoms with Gasteiger partial charge in [0.2, 0.25) is 0 Å². The molecule has 3 aromatic rings. The predicted octanol–water partition coefficient (Wildman–Crippen LogP) is 4.44. The lowest BCUT2D eigenvalue weighted by atomic mass is 10.0. The number of benzene rings is 2. The summed E-state index contributed by atoms with van der Waals surface area (Å²) in [6.07, 6.45) is 3.45. The second-order valence-electron chi connectivity index (χ2n) is 6.61. The molecule has 130 valence electrons. The highest BCUT2D eigenvalue weighted by atomic mass is 19.1. The average Bonchev–Trinajstić information content (AvgIpc) is 3.06. The molecule has 1 N–H and O–H groups in total. The smallest absolute Gasteiger partial charge is 0.125 e. The first-order valence-corrected chi connectivity index (χ1v) is 8.75. The number of nitrogens with one attached hydrogen (secondary N) is 1. The Bertz CT molecular complexity index is 859. The highest BCUT2D eigenvalue weighted by Crippen LogP contribution is 2.32. The number of hydrogen-bond acceptors (Lipinski definition) is 3. The van der Waals surface area contributed by atoms with Gasteiger partial charge in [0.25, 0.3) is 0 Å². The molecule has 1 aliphatic rings. The third-order valence-electron chi connectivity index (χ3n) is 4.94. The van der Waals surface area contributed by atoms with Gasteiger partial charge in [0.05, 0.1) is 24.2 Å². The fraction of sp³-hybridized carbons (Fsp3) is 0.350. The number of hydrogen-bond donors (Lipinski definition) is 1. The number of nitrogens with zero attached hydrogens (tertiary/aromatic N) is 2. The lowest BCUT2D eigenvalue weighted by molar-refractivity contribution is 0.134. The number of fused-ring (bicyclic) bond motifs is 1. The Morgan fingerprint density at radius 2 is 2.04 bits per heavy atom. The molecule has 25 heavy (non-hydrogen) atoms. The van der Waals surface area contributed by atoms with Crippen LogP contribution in [0.15, 0.2) is 42.5 Å². The van der Waals surface area contributed by atoms with E-state index in [2.05, 4.69) is 22.0 Å². The van der Waals surface area contributed by atoms with E-state index in [4.69, 9.17) is 9.72 Å². The molecule has 0 bridgehead atoms. The number of halogens is 1.